The summed E-state index contributed by atoms with van der Waals surface area (Å²) in [5, 5.41) is 5.39. The van der Waals surface area contributed by atoms with Gasteiger partial charge in [-0.05, 0) is 43.7 Å². The number of nitrogens with one attached hydrogen (secondary N) is 3. The van der Waals surface area contributed by atoms with E-state index in [0.717, 1.165) is 43.4 Å². The van der Waals surface area contributed by atoms with Gasteiger partial charge in [-0.25, -0.2) is 22.7 Å². The molecule has 0 spiro atoms. The number of sulfonamides is 1. The number of hydrogen-bond donors (Lipinski definition) is 3. The number of thiophene rings is 1. The third-order valence-electron chi connectivity index (χ3n) is 6.58. The molecule has 3 aliphatic rings. The van der Waals surface area contributed by atoms with Crippen LogP contribution in [-0.4, -0.2) is 64.3 Å². The van der Waals surface area contributed by atoms with Gasteiger partial charge in [0, 0.05) is 37.6 Å². The fourth-order valence-corrected chi connectivity index (χ4v) is 7.91. The molecule has 3 amide bonds. The third-order valence-corrected chi connectivity index (χ3v) is 9.74. The number of urea groups is 1. The molecule has 4 rings (SSSR count). The molecule has 2 heterocycles. The highest BCUT2D eigenvalue weighted by Gasteiger charge is 2.53. The van der Waals surface area contributed by atoms with Crippen molar-refractivity contribution in [3.8, 4) is 0 Å². The molecular formula is C19H27ClN4O5S2. The molecule has 2 bridgehead atoms. The number of ether oxygens (including phenoxy) is 1. The number of hydrogen-bond acceptors (Lipinski definition) is 6. The van der Waals surface area contributed by atoms with Crippen LogP contribution in [0.15, 0.2) is 16.3 Å². The third kappa shape index (κ3) is 4.94. The predicted molar refractivity (Wildman–Crippen MR) is 117 cm³/mol. The maximum atomic E-state index is 12.9. The Morgan fingerprint density at radius 2 is 2.19 bits per heavy atom. The van der Waals surface area contributed by atoms with Gasteiger partial charge >= 0.3 is 12.1 Å². The maximum Gasteiger partial charge on any atom is 0.407 e. The Kier molecular flexibility index (Phi) is 6.66. The lowest BCUT2D eigenvalue weighted by Gasteiger charge is -2.40. The Balaban J connectivity index is 1.34. The standard InChI is InChI=1S/C19H27ClN4O5S2/c20-14-3-4-15(30-14)31(27,28)23-16-13-2-1-6-19(16,7-5-13)12-29-18(26)22-9-11-24-10-8-21-17(24)25/h3-4,13,16,23H,1-2,5-12H2,(H,21,25)(H,22,26). The summed E-state index contributed by atoms with van der Waals surface area (Å²) in [5.74, 6) is 0.235. The van der Waals surface area contributed by atoms with Crippen molar-refractivity contribution < 1.29 is 22.7 Å². The average molecular weight is 491 g/mol. The number of carbonyl (C=O) groups is 2. The molecule has 172 valence electrons. The number of halogens is 1. The lowest BCUT2D eigenvalue weighted by molar-refractivity contribution is 0.0472. The minimum Gasteiger partial charge on any atom is -0.449 e. The van der Waals surface area contributed by atoms with Crippen molar-refractivity contribution in [1.82, 2.24) is 20.3 Å². The molecule has 1 saturated heterocycles. The van der Waals surface area contributed by atoms with Gasteiger partial charge in [0.2, 0.25) is 10.0 Å². The van der Waals surface area contributed by atoms with Gasteiger partial charge in [-0.3, -0.25) is 0 Å². The molecular weight excluding hydrogens is 464 g/mol. The van der Waals surface area contributed by atoms with E-state index in [9.17, 15) is 18.0 Å². The van der Waals surface area contributed by atoms with E-state index >= 15 is 0 Å². The molecule has 3 fully saturated rings. The van der Waals surface area contributed by atoms with E-state index in [4.69, 9.17) is 16.3 Å². The van der Waals surface area contributed by atoms with Crippen LogP contribution in [-0.2, 0) is 14.8 Å². The number of fused-ring (bicyclic) bond motifs is 2. The highest BCUT2D eigenvalue weighted by molar-refractivity contribution is 7.91. The first-order valence-electron chi connectivity index (χ1n) is 10.5. The number of rotatable bonds is 8. The summed E-state index contributed by atoms with van der Waals surface area (Å²) < 4.78 is 34.8. The van der Waals surface area contributed by atoms with Crippen molar-refractivity contribution in [2.45, 2.75) is 42.4 Å². The van der Waals surface area contributed by atoms with Gasteiger partial charge < -0.3 is 20.3 Å². The minimum absolute atomic E-state index is 0.129. The number of amides is 3. The Bertz CT molecular complexity index is 935. The van der Waals surface area contributed by atoms with Gasteiger partial charge in [0.15, 0.2) is 0 Å². The summed E-state index contributed by atoms with van der Waals surface area (Å²) >= 11 is 6.95. The lowest BCUT2D eigenvalue weighted by atomic mass is 9.72. The average Bonchev–Trinajstić information content (AvgIpc) is 3.38. The van der Waals surface area contributed by atoms with E-state index in [2.05, 4.69) is 15.4 Å². The molecule has 31 heavy (non-hydrogen) atoms. The molecule has 3 unspecified atom stereocenters. The molecule has 1 aliphatic heterocycles. The van der Waals surface area contributed by atoms with Gasteiger partial charge in [-0.15, -0.1) is 11.3 Å². The second kappa shape index (κ2) is 9.13. The van der Waals surface area contributed by atoms with Crippen LogP contribution in [0, 0.1) is 11.3 Å². The second-order valence-electron chi connectivity index (χ2n) is 8.43. The van der Waals surface area contributed by atoms with Crippen LogP contribution in [0.25, 0.3) is 0 Å². The van der Waals surface area contributed by atoms with Crippen LogP contribution in [0.3, 0.4) is 0 Å². The summed E-state index contributed by atoms with van der Waals surface area (Å²) in [4.78, 5) is 25.4. The number of carbonyl (C=O) groups excluding carboxylic acids is 2. The summed E-state index contributed by atoms with van der Waals surface area (Å²) in [5.41, 5.74) is -0.400. The summed E-state index contributed by atoms with van der Waals surface area (Å²) in [6, 6.07) is 2.69. The minimum atomic E-state index is -3.69. The second-order valence-corrected chi connectivity index (χ2v) is 12.1. The fourth-order valence-electron chi connectivity index (χ4n) is 5.00. The van der Waals surface area contributed by atoms with E-state index in [1.54, 1.807) is 11.0 Å². The van der Waals surface area contributed by atoms with Gasteiger partial charge in [0.05, 0.1) is 4.34 Å². The predicted octanol–water partition coefficient (Wildman–Crippen LogP) is 2.38. The molecule has 2 saturated carbocycles. The maximum absolute atomic E-state index is 12.9. The molecule has 0 aromatic carbocycles. The zero-order valence-corrected chi connectivity index (χ0v) is 19.5. The molecule has 9 nitrogen and oxygen atoms in total. The first-order chi connectivity index (χ1) is 14.8. The van der Waals surface area contributed by atoms with Crippen LogP contribution in [0.5, 0.6) is 0 Å². The normalized spacial score (nSPS) is 27.9. The van der Waals surface area contributed by atoms with Crippen LogP contribution in [0.1, 0.15) is 32.1 Å². The van der Waals surface area contributed by atoms with Gasteiger partial charge in [0.25, 0.3) is 0 Å². The van der Waals surface area contributed by atoms with Crippen molar-refractivity contribution in [3.63, 3.8) is 0 Å². The van der Waals surface area contributed by atoms with E-state index in [0.29, 0.717) is 30.5 Å². The Hall–Kier alpha value is -1.56. The van der Waals surface area contributed by atoms with Crippen LogP contribution in [0.4, 0.5) is 9.59 Å². The Labute approximate surface area is 190 Å². The first-order valence-corrected chi connectivity index (χ1v) is 13.2. The fraction of sp³-hybridized carbons (Fsp3) is 0.684. The van der Waals surface area contributed by atoms with Crippen LogP contribution >= 0.6 is 22.9 Å². The van der Waals surface area contributed by atoms with Crippen molar-refractivity contribution in [2.75, 3.05) is 32.8 Å². The molecule has 3 N–H and O–H groups in total. The molecule has 2 aliphatic carbocycles. The molecule has 1 aromatic rings. The van der Waals surface area contributed by atoms with E-state index in [1.807, 2.05) is 0 Å². The highest BCUT2D eigenvalue weighted by atomic mass is 35.5. The summed E-state index contributed by atoms with van der Waals surface area (Å²) in [6.45, 7) is 2.12. The number of nitrogens with zero attached hydrogens (tertiary/aromatic N) is 1. The van der Waals surface area contributed by atoms with Crippen LogP contribution in [0.2, 0.25) is 4.34 Å². The molecule has 1 aromatic heterocycles. The Morgan fingerprint density at radius 1 is 1.35 bits per heavy atom. The zero-order chi connectivity index (χ0) is 22.1. The zero-order valence-electron chi connectivity index (χ0n) is 17.1. The van der Waals surface area contributed by atoms with Crippen molar-refractivity contribution >= 4 is 45.1 Å². The molecule has 12 heteroatoms. The van der Waals surface area contributed by atoms with Crippen LogP contribution < -0.4 is 15.4 Å². The van der Waals surface area contributed by atoms with E-state index < -0.39 is 21.5 Å². The summed E-state index contributed by atoms with van der Waals surface area (Å²) in [7, 11) is -3.69. The topological polar surface area (TPSA) is 117 Å². The van der Waals surface area contributed by atoms with Crippen molar-refractivity contribution in [3.05, 3.63) is 16.5 Å². The molecule has 3 atom stereocenters. The summed E-state index contributed by atoms with van der Waals surface area (Å²) in [6.07, 6.45) is 3.94. The van der Waals surface area contributed by atoms with Gasteiger partial charge in [-0.2, -0.15) is 0 Å². The highest BCUT2D eigenvalue weighted by Crippen LogP contribution is 2.52. The van der Waals surface area contributed by atoms with E-state index in [-0.39, 0.29) is 28.8 Å². The SMILES string of the molecule is O=C(NCCN1CCNC1=O)OCC12CCCC(CC1)C2NS(=O)(=O)c1ccc(Cl)s1. The quantitative estimate of drug-likeness (QED) is 0.517. The monoisotopic (exact) mass is 490 g/mol. The lowest BCUT2D eigenvalue weighted by Crippen LogP contribution is -2.52. The van der Waals surface area contributed by atoms with Gasteiger partial charge in [0.1, 0.15) is 10.8 Å². The van der Waals surface area contributed by atoms with Crippen molar-refractivity contribution in [1.29, 1.82) is 0 Å². The van der Waals surface area contributed by atoms with E-state index in [1.165, 1.54) is 6.07 Å². The smallest absolute Gasteiger partial charge is 0.407 e. The molecule has 0 radical (unpaired) electrons. The largest absolute Gasteiger partial charge is 0.449 e. The Morgan fingerprint density at radius 3 is 2.90 bits per heavy atom. The first kappa shape index (κ1) is 22.6. The van der Waals surface area contributed by atoms with Gasteiger partial charge in [-0.1, -0.05) is 18.0 Å². The number of alkyl carbamates (subject to hydrolysis) is 1. The van der Waals surface area contributed by atoms with Crippen molar-refractivity contribution in [2.24, 2.45) is 11.3 Å².